The van der Waals surface area contributed by atoms with Crippen LogP contribution in [0.1, 0.15) is 33.5 Å². The second kappa shape index (κ2) is 6.52. The van der Waals surface area contributed by atoms with E-state index in [4.69, 9.17) is 5.73 Å². The smallest absolute Gasteiger partial charge is 0.233 e. The van der Waals surface area contributed by atoms with E-state index in [1.54, 1.807) is 0 Å². The zero-order chi connectivity index (χ0) is 16.3. The number of carbonyl (C=O) groups is 1. The lowest BCUT2D eigenvalue weighted by atomic mass is 10.1. The molecule has 2 aromatic rings. The molecular formula is C16H22N4OS. The molecule has 3 N–H and O–H groups in total. The van der Waals surface area contributed by atoms with Gasteiger partial charge in [0, 0.05) is 10.9 Å². The number of nitrogens with zero attached hydrogens (tertiary/aromatic N) is 2. The second-order valence-corrected chi connectivity index (χ2v) is 7.56. The first-order valence-corrected chi connectivity index (χ1v) is 8.26. The van der Waals surface area contributed by atoms with Crippen molar-refractivity contribution in [2.75, 3.05) is 5.73 Å². The molecule has 5 nitrogen and oxygen atoms in total. The standard InChI is InChI=1S/C16H22N4OS/c1-10(15(21)20-16(2,3)4)22-9-13-18-12-8-6-5-7-11(12)14(17)19-13/h5-8,10H,9H2,1-4H3,(H,20,21)(H2,17,18,19). The molecule has 0 saturated carbocycles. The molecule has 0 aliphatic heterocycles. The SMILES string of the molecule is CC(SCc1nc(N)c2ccccc2n1)C(=O)NC(C)(C)C. The van der Waals surface area contributed by atoms with E-state index in [9.17, 15) is 4.79 Å². The first kappa shape index (κ1) is 16.5. The topological polar surface area (TPSA) is 80.9 Å². The number of carbonyl (C=O) groups excluding carboxylic acids is 1. The molecule has 0 fully saturated rings. The highest BCUT2D eigenvalue weighted by atomic mass is 32.2. The van der Waals surface area contributed by atoms with Gasteiger partial charge in [0.05, 0.1) is 16.5 Å². The molecule has 0 aliphatic carbocycles. The van der Waals surface area contributed by atoms with Gasteiger partial charge in [-0.25, -0.2) is 9.97 Å². The van der Waals surface area contributed by atoms with Crippen molar-refractivity contribution >= 4 is 34.4 Å². The molecule has 0 saturated heterocycles. The summed E-state index contributed by atoms with van der Waals surface area (Å²) in [4.78, 5) is 20.9. The Balaban J connectivity index is 2.04. The number of hydrogen-bond donors (Lipinski definition) is 2. The number of nitrogens with two attached hydrogens (primary N) is 1. The Hall–Kier alpha value is -1.82. The van der Waals surface area contributed by atoms with E-state index in [2.05, 4.69) is 15.3 Å². The Morgan fingerprint density at radius 3 is 2.68 bits per heavy atom. The molecule has 1 aromatic carbocycles. The van der Waals surface area contributed by atoms with E-state index in [0.717, 1.165) is 10.9 Å². The van der Waals surface area contributed by atoms with Gasteiger partial charge in [-0.3, -0.25) is 4.79 Å². The Kier molecular flexibility index (Phi) is 4.90. The number of rotatable bonds is 4. The van der Waals surface area contributed by atoms with Gasteiger partial charge in [-0.1, -0.05) is 12.1 Å². The molecule has 1 unspecified atom stereocenters. The van der Waals surface area contributed by atoms with Crippen molar-refractivity contribution < 1.29 is 4.79 Å². The van der Waals surface area contributed by atoms with E-state index in [-0.39, 0.29) is 16.7 Å². The summed E-state index contributed by atoms with van der Waals surface area (Å²) in [5, 5.41) is 3.66. The lowest BCUT2D eigenvalue weighted by Crippen LogP contribution is -2.44. The molecule has 1 atom stereocenters. The number of nitrogen functional groups attached to an aromatic ring is 1. The van der Waals surface area contributed by atoms with Crippen LogP contribution in [0.5, 0.6) is 0 Å². The number of hydrogen-bond acceptors (Lipinski definition) is 5. The highest BCUT2D eigenvalue weighted by molar-refractivity contribution is 7.99. The number of amides is 1. The number of anilines is 1. The van der Waals surface area contributed by atoms with Crippen molar-refractivity contribution in [3.63, 3.8) is 0 Å². The fourth-order valence-corrected chi connectivity index (χ4v) is 2.70. The van der Waals surface area contributed by atoms with Gasteiger partial charge in [-0.15, -0.1) is 11.8 Å². The van der Waals surface area contributed by atoms with Crippen molar-refractivity contribution in [2.45, 2.75) is 44.2 Å². The third-order valence-corrected chi connectivity index (χ3v) is 4.15. The van der Waals surface area contributed by atoms with Crippen LogP contribution in [-0.2, 0) is 10.5 Å². The zero-order valence-corrected chi connectivity index (χ0v) is 14.2. The van der Waals surface area contributed by atoms with Gasteiger partial charge < -0.3 is 11.1 Å². The first-order chi connectivity index (χ1) is 10.3. The summed E-state index contributed by atoms with van der Waals surface area (Å²) in [5.74, 6) is 1.70. The van der Waals surface area contributed by atoms with Gasteiger partial charge in [-0.2, -0.15) is 0 Å². The Morgan fingerprint density at radius 2 is 2.00 bits per heavy atom. The third-order valence-electron chi connectivity index (χ3n) is 3.01. The highest BCUT2D eigenvalue weighted by Crippen LogP contribution is 2.21. The molecule has 22 heavy (non-hydrogen) atoms. The molecule has 6 heteroatoms. The molecular weight excluding hydrogens is 296 g/mol. The average molecular weight is 318 g/mol. The predicted molar refractivity (Wildman–Crippen MR) is 92.6 cm³/mol. The van der Waals surface area contributed by atoms with Crippen molar-refractivity contribution in [1.29, 1.82) is 0 Å². The maximum atomic E-state index is 12.1. The van der Waals surface area contributed by atoms with Crippen molar-refractivity contribution in [1.82, 2.24) is 15.3 Å². The van der Waals surface area contributed by atoms with Crippen LogP contribution in [0.3, 0.4) is 0 Å². The lowest BCUT2D eigenvalue weighted by molar-refractivity contribution is -0.121. The monoisotopic (exact) mass is 318 g/mol. The maximum Gasteiger partial charge on any atom is 0.233 e. The highest BCUT2D eigenvalue weighted by Gasteiger charge is 2.20. The van der Waals surface area contributed by atoms with Crippen LogP contribution in [0.15, 0.2) is 24.3 Å². The number of fused-ring (bicyclic) bond motifs is 1. The maximum absolute atomic E-state index is 12.1. The lowest BCUT2D eigenvalue weighted by Gasteiger charge is -2.22. The van der Waals surface area contributed by atoms with Crippen LogP contribution in [-0.4, -0.2) is 26.7 Å². The number of aromatic nitrogens is 2. The molecule has 0 aliphatic rings. The summed E-state index contributed by atoms with van der Waals surface area (Å²) in [6.07, 6.45) is 0. The van der Waals surface area contributed by atoms with E-state index in [1.165, 1.54) is 11.8 Å². The average Bonchev–Trinajstić information content (AvgIpc) is 2.43. The Labute approximate surface area is 135 Å². The molecule has 2 rings (SSSR count). The minimum atomic E-state index is -0.226. The second-order valence-electron chi connectivity index (χ2n) is 6.23. The predicted octanol–water partition coefficient (Wildman–Crippen LogP) is 2.75. The summed E-state index contributed by atoms with van der Waals surface area (Å²) < 4.78 is 0. The molecule has 1 aromatic heterocycles. The molecule has 118 valence electrons. The summed E-state index contributed by atoms with van der Waals surface area (Å²) in [6.45, 7) is 7.79. The normalized spacial score (nSPS) is 13.1. The minimum Gasteiger partial charge on any atom is -0.383 e. The fourth-order valence-electron chi connectivity index (χ4n) is 1.96. The summed E-state index contributed by atoms with van der Waals surface area (Å²) >= 11 is 1.50. The van der Waals surface area contributed by atoms with Crippen LogP contribution in [0.4, 0.5) is 5.82 Å². The Bertz CT molecular complexity index is 681. The third kappa shape index (κ3) is 4.34. The Morgan fingerprint density at radius 1 is 1.32 bits per heavy atom. The van der Waals surface area contributed by atoms with E-state index >= 15 is 0 Å². The van der Waals surface area contributed by atoms with Gasteiger partial charge >= 0.3 is 0 Å². The largest absolute Gasteiger partial charge is 0.383 e. The molecule has 1 amide bonds. The number of para-hydroxylation sites is 1. The fraction of sp³-hybridized carbons (Fsp3) is 0.438. The van der Waals surface area contributed by atoms with Crippen molar-refractivity contribution in [3.8, 4) is 0 Å². The van der Waals surface area contributed by atoms with Crippen LogP contribution in [0.25, 0.3) is 10.9 Å². The first-order valence-electron chi connectivity index (χ1n) is 7.21. The van der Waals surface area contributed by atoms with E-state index in [1.807, 2.05) is 52.0 Å². The summed E-state index contributed by atoms with van der Waals surface area (Å²) in [6, 6.07) is 7.65. The quantitative estimate of drug-likeness (QED) is 0.906. The van der Waals surface area contributed by atoms with Gasteiger partial charge in [0.1, 0.15) is 11.6 Å². The van der Waals surface area contributed by atoms with Gasteiger partial charge in [-0.05, 0) is 39.8 Å². The van der Waals surface area contributed by atoms with Crippen LogP contribution in [0, 0.1) is 0 Å². The van der Waals surface area contributed by atoms with Gasteiger partial charge in [0.25, 0.3) is 0 Å². The summed E-state index contributed by atoms with van der Waals surface area (Å²) in [7, 11) is 0. The molecule has 1 heterocycles. The number of thioether (sulfide) groups is 1. The van der Waals surface area contributed by atoms with Crippen LogP contribution >= 0.6 is 11.8 Å². The van der Waals surface area contributed by atoms with E-state index in [0.29, 0.717) is 17.4 Å². The minimum absolute atomic E-state index is 0.0197. The van der Waals surface area contributed by atoms with Crippen LogP contribution < -0.4 is 11.1 Å². The molecule has 0 radical (unpaired) electrons. The van der Waals surface area contributed by atoms with Crippen molar-refractivity contribution in [3.05, 3.63) is 30.1 Å². The number of nitrogens with one attached hydrogen (secondary N) is 1. The molecule has 0 spiro atoms. The van der Waals surface area contributed by atoms with E-state index < -0.39 is 0 Å². The summed E-state index contributed by atoms with van der Waals surface area (Å²) in [5.41, 5.74) is 6.57. The van der Waals surface area contributed by atoms with Crippen molar-refractivity contribution in [2.24, 2.45) is 0 Å². The van der Waals surface area contributed by atoms with Crippen LogP contribution in [0.2, 0.25) is 0 Å². The number of benzene rings is 1. The zero-order valence-electron chi connectivity index (χ0n) is 13.4. The van der Waals surface area contributed by atoms with Gasteiger partial charge in [0.2, 0.25) is 5.91 Å². The van der Waals surface area contributed by atoms with Gasteiger partial charge in [0.15, 0.2) is 0 Å². The molecule has 0 bridgehead atoms.